The largest absolute Gasteiger partial charge is 0.359 e. The van der Waals surface area contributed by atoms with Crippen LogP contribution >= 0.6 is 0 Å². The third-order valence-corrected chi connectivity index (χ3v) is 7.52. The highest BCUT2D eigenvalue weighted by Crippen LogP contribution is 2.34. The van der Waals surface area contributed by atoms with Crippen LogP contribution in [0.25, 0.3) is 50.2 Å². The fourth-order valence-electron chi connectivity index (χ4n) is 5.41. The topological polar surface area (TPSA) is 95.2 Å². The summed E-state index contributed by atoms with van der Waals surface area (Å²) >= 11 is 0. The number of halogens is 1. The van der Waals surface area contributed by atoms with Crippen LogP contribution in [0.15, 0.2) is 91.7 Å². The lowest BCUT2D eigenvalue weighted by atomic mass is 10.0. The maximum absolute atomic E-state index is 16.2. The Kier molecular flexibility index (Phi) is 6.82. The molecule has 0 atom stereocenters. The first-order valence-electron chi connectivity index (χ1n) is 13.5. The van der Waals surface area contributed by atoms with E-state index < -0.39 is 5.82 Å². The molecule has 0 saturated heterocycles. The van der Waals surface area contributed by atoms with Crippen LogP contribution in [-0.4, -0.2) is 30.1 Å². The van der Waals surface area contributed by atoms with Gasteiger partial charge >= 0.3 is 0 Å². The minimum atomic E-state index is -0.475. The Hall–Kier alpha value is -4.85. The van der Waals surface area contributed by atoms with Crippen LogP contribution in [0.3, 0.4) is 0 Å². The molecule has 1 aliphatic carbocycles. The molecule has 1 fully saturated rings. The Labute approximate surface area is 231 Å². The summed E-state index contributed by atoms with van der Waals surface area (Å²) in [6.07, 6.45) is 15.2. The molecule has 0 amide bonds. The maximum atomic E-state index is 16.2. The first kappa shape index (κ1) is 25.4. The Morgan fingerprint density at radius 2 is 1.98 bits per heavy atom. The van der Waals surface area contributed by atoms with Gasteiger partial charge in [0.2, 0.25) is 0 Å². The molecule has 0 unspecified atom stereocenters. The summed E-state index contributed by atoms with van der Waals surface area (Å²) in [6.45, 7) is 10.0. The molecule has 4 aromatic heterocycles. The second-order valence-corrected chi connectivity index (χ2v) is 9.99. The van der Waals surface area contributed by atoms with Crippen LogP contribution < -0.4 is 5.32 Å². The molecule has 1 aromatic carbocycles. The lowest BCUT2D eigenvalue weighted by Gasteiger charge is -2.16. The summed E-state index contributed by atoms with van der Waals surface area (Å²) < 4.78 is 16.2. The van der Waals surface area contributed by atoms with Crippen molar-refractivity contribution in [2.24, 2.45) is 5.92 Å². The number of para-hydroxylation sites is 1. The number of pyridine rings is 2. The Bertz CT molecular complexity index is 1790. The smallest absolute Gasteiger partial charge is 0.161 e. The number of fused-ring (bicyclic) bond motifs is 2. The normalized spacial score (nSPS) is 14.8. The van der Waals surface area contributed by atoms with E-state index in [4.69, 9.17) is 4.98 Å². The SMILES string of the molecule is C=C/C(=C\C(=C/C)c1ncc2[nH]nc(-c3nc4c(-c5cccnc5)cccc4[nH]3)c2c1F)NC(=C)C1CCCC1. The molecule has 40 heavy (non-hydrogen) atoms. The van der Waals surface area contributed by atoms with E-state index in [1.807, 2.05) is 49.4 Å². The van der Waals surface area contributed by atoms with Crippen molar-refractivity contribution in [2.45, 2.75) is 32.6 Å². The van der Waals surface area contributed by atoms with E-state index in [2.05, 4.69) is 43.6 Å². The Morgan fingerprint density at radius 1 is 1.12 bits per heavy atom. The zero-order valence-electron chi connectivity index (χ0n) is 22.3. The number of nitrogens with zero attached hydrogens (tertiary/aromatic N) is 4. The third-order valence-electron chi connectivity index (χ3n) is 7.52. The lowest BCUT2D eigenvalue weighted by Crippen LogP contribution is -2.16. The van der Waals surface area contributed by atoms with Crippen LogP contribution in [0.2, 0.25) is 0 Å². The van der Waals surface area contributed by atoms with Crippen molar-refractivity contribution >= 4 is 27.5 Å². The number of allylic oxidation sites excluding steroid dienone is 5. The highest BCUT2D eigenvalue weighted by molar-refractivity contribution is 5.98. The molecule has 3 N–H and O–H groups in total. The van der Waals surface area contributed by atoms with E-state index >= 15 is 4.39 Å². The number of benzene rings is 1. The van der Waals surface area contributed by atoms with Gasteiger partial charge in [0, 0.05) is 40.5 Å². The fourth-order valence-corrected chi connectivity index (χ4v) is 5.41. The molecule has 0 bridgehead atoms. The molecule has 0 spiro atoms. The van der Waals surface area contributed by atoms with Crippen molar-refractivity contribution in [3.8, 4) is 22.6 Å². The van der Waals surface area contributed by atoms with Crippen molar-refractivity contribution in [3.05, 3.63) is 103 Å². The lowest BCUT2D eigenvalue weighted by molar-refractivity contribution is 0.607. The van der Waals surface area contributed by atoms with Crippen LogP contribution in [0.5, 0.6) is 0 Å². The third kappa shape index (κ3) is 4.62. The highest BCUT2D eigenvalue weighted by Gasteiger charge is 2.22. The molecule has 200 valence electrons. The Balaban J connectivity index is 1.39. The molecule has 0 aliphatic heterocycles. The minimum absolute atomic E-state index is 0.220. The van der Waals surface area contributed by atoms with Gasteiger partial charge in [0.1, 0.15) is 11.4 Å². The van der Waals surface area contributed by atoms with Gasteiger partial charge in [-0.3, -0.25) is 15.1 Å². The second-order valence-electron chi connectivity index (χ2n) is 9.99. The summed E-state index contributed by atoms with van der Waals surface area (Å²) in [7, 11) is 0. The fraction of sp³-hybridized carbons (Fsp3) is 0.188. The molecule has 5 aromatic rings. The predicted molar refractivity (Wildman–Crippen MR) is 158 cm³/mol. The average Bonchev–Trinajstić information content (AvgIpc) is 3.75. The van der Waals surface area contributed by atoms with Crippen LogP contribution in [-0.2, 0) is 0 Å². The summed E-state index contributed by atoms with van der Waals surface area (Å²) in [6, 6.07) is 9.76. The second kappa shape index (κ2) is 10.7. The molecule has 1 aliphatic rings. The van der Waals surface area contributed by atoms with Crippen LogP contribution in [0, 0.1) is 11.7 Å². The average molecular weight is 532 g/mol. The van der Waals surface area contributed by atoms with E-state index in [0.29, 0.717) is 33.9 Å². The van der Waals surface area contributed by atoms with Crippen molar-refractivity contribution in [1.29, 1.82) is 0 Å². The molecule has 8 heteroatoms. The van der Waals surface area contributed by atoms with E-state index in [-0.39, 0.29) is 5.69 Å². The van der Waals surface area contributed by atoms with E-state index in [1.54, 1.807) is 24.7 Å². The molecule has 4 heterocycles. The predicted octanol–water partition coefficient (Wildman–Crippen LogP) is 7.47. The number of rotatable bonds is 8. The van der Waals surface area contributed by atoms with Gasteiger partial charge in [0.05, 0.1) is 28.1 Å². The number of aromatic nitrogens is 6. The van der Waals surface area contributed by atoms with E-state index in [1.165, 1.54) is 12.8 Å². The van der Waals surface area contributed by atoms with Gasteiger partial charge in [-0.05, 0) is 50.0 Å². The zero-order chi connectivity index (χ0) is 27.6. The van der Waals surface area contributed by atoms with Gasteiger partial charge in [0.25, 0.3) is 0 Å². The van der Waals surface area contributed by atoms with Gasteiger partial charge in [0.15, 0.2) is 11.6 Å². The summed E-state index contributed by atoms with van der Waals surface area (Å²) in [4.78, 5) is 16.8. The van der Waals surface area contributed by atoms with Crippen molar-refractivity contribution in [3.63, 3.8) is 0 Å². The van der Waals surface area contributed by atoms with Crippen LogP contribution in [0.4, 0.5) is 4.39 Å². The van der Waals surface area contributed by atoms with Gasteiger partial charge in [-0.1, -0.05) is 50.3 Å². The Morgan fingerprint density at radius 3 is 2.73 bits per heavy atom. The molecule has 0 radical (unpaired) electrons. The minimum Gasteiger partial charge on any atom is -0.359 e. The number of hydrogen-bond acceptors (Lipinski definition) is 5. The van der Waals surface area contributed by atoms with Gasteiger partial charge in [-0.15, -0.1) is 0 Å². The van der Waals surface area contributed by atoms with Crippen molar-refractivity contribution in [2.75, 3.05) is 0 Å². The zero-order valence-corrected chi connectivity index (χ0v) is 22.3. The first-order chi connectivity index (χ1) is 19.6. The van der Waals surface area contributed by atoms with Gasteiger partial charge < -0.3 is 10.3 Å². The molecule has 1 saturated carbocycles. The number of hydrogen-bond donors (Lipinski definition) is 3. The van der Waals surface area contributed by atoms with E-state index in [9.17, 15) is 0 Å². The molecular weight excluding hydrogens is 501 g/mol. The van der Waals surface area contributed by atoms with Crippen molar-refractivity contribution in [1.82, 2.24) is 35.5 Å². The van der Waals surface area contributed by atoms with Crippen LogP contribution in [0.1, 0.15) is 38.3 Å². The standard InChI is InChI=1S/C32H30FN7/c1-4-20(16-23(5-2)36-19(3)21-10-6-7-11-21)29-28(33)27-26(18-35-29)39-40-31(27)32-37-25-14-8-13-24(30(25)38-32)22-12-9-15-34-17-22/h4-5,8-9,12-18,21,36H,2-3,6-7,10-11H2,1H3,(H,37,38)(H,39,40)/b20-4+,23-16+. The number of H-pyrrole nitrogens is 2. The summed E-state index contributed by atoms with van der Waals surface area (Å²) in [5.41, 5.74) is 6.90. The number of imidazole rings is 1. The monoisotopic (exact) mass is 531 g/mol. The van der Waals surface area contributed by atoms with Gasteiger partial charge in [-0.25, -0.2) is 9.37 Å². The van der Waals surface area contributed by atoms with E-state index in [0.717, 1.165) is 46.4 Å². The molecular formula is C32H30FN7. The van der Waals surface area contributed by atoms with Crippen molar-refractivity contribution < 1.29 is 4.39 Å². The maximum Gasteiger partial charge on any atom is 0.161 e. The molecule has 6 rings (SSSR count). The summed E-state index contributed by atoms with van der Waals surface area (Å²) in [5, 5.41) is 11.0. The van der Waals surface area contributed by atoms with Gasteiger partial charge in [-0.2, -0.15) is 5.10 Å². The molecule has 7 nitrogen and oxygen atoms in total. The number of aromatic amines is 2. The highest BCUT2D eigenvalue weighted by atomic mass is 19.1. The quantitative estimate of drug-likeness (QED) is 0.181. The number of nitrogens with one attached hydrogen (secondary N) is 3. The first-order valence-corrected chi connectivity index (χ1v) is 13.5. The summed E-state index contributed by atoms with van der Waals surface area (Å²) in [5.74, 6) is 0.434.